The maximum Gasteiger partial charge on any atom is 0.287 e. The number of thioether (sulfide) groups is 1. The number of amides is 2. The predicted octanol–water partition coefficient (Wildman–Crippen LogP) is 6.28. The molecule has 1 aliphatic rings. The van der Waals surface area contributed by atoms with Crippen LogP contribution in [0.15, 0.2) is 116 Å². The van der Waals surface area contributed by atoms with Crippen molar-refractivity contribution in [2.24, 2.45) is 5.10 Å². The molecule has 12 heteroatoms. The Kier molecular flexibility index (Phi) is 9.94. The van der Waals surface area contributed by atoms with E-state index in [9.17, 15) is 9.59 Å². The fourth-order valence-electron chi connectivity index (χ4n) is 5.16. The van der Waals surface area contributed by atoms with Crippen molar-refractivity contribution in [3.8, 4) is 5.75 Å². The molecule has 1 unspecified atom stereocenters. The van der Waals surface area contributed by atoms with Gasteiger partial charge in [0.1, 0.15) is 5.75 Å². The first kappa shape index (κ1) is 31.3. The minimum Gasteiger partial charge on any atom is -0.497 e. The third-order valence-corrected chi connectivity index (χ3v) is 9.06. The van der Waals surface area contributed by atoms with Crippen molar-refractivity contribution >= 4 is 45.2 Å². The number of benzene rings is 3. The molecule has 2 amide bonds. The van der Waals surface area contributed by atoms with Crippen LogP contribution < -0.4 is 10.1 Å². The molecule has 2 aromatic heterocycles. The summed E-state index contributed by atoms with van der Waals surface area (Å²) < 4.78 is 13.5. The number of nitrogens with zero attached hydrogens (tertiary/aromatic N) is 5. The first-order valence-corrected chi connectivity index (χ1v) is 16.5. The van der Waals surface area contributed by atoms with Crippen molar-refractivity contribution in [3.05, 3.63) is 130 Å². The minimum atomic E-state index is -0.343. The number of carbonyl (C=O) groups is 2. The van der Waals surface area contributed by atoms with Crippen LogP contribution in [0.3, 0.4) is 0 Å². The van der Waals surface area contributed by atoms with Gasteiger partial charge in [-0.25, -0.2) is 5.01 Å². The van der Waals surface area contributed by atoms with Crippen LogP contribution in [0.1, 0.15) is 45.5 Å². The summed E-state index contributed by atoms with van der Waals surface area (Å²) in [6, 6.07) is 28.8. The monoisotopic (exact) mass is 698 g/mol. The van der Waals surface area contributed by atoms with E-state index in [0.717, 1.165) is 39.0 Å². The highest BCUT2D eigenvalue weighted by Crippen LogP contribution is 2.35. The van der Waals surface area contributed by atoms with E-state index in [1.165, 1.54) is 18.0 Å². The molecular weight excluding hydrogens is 668 g/mol. The number of aromatic nitrogens is 3. The first-order chi connectivity index (χ1) is 22.5. The standard InChI is InChI=1S/C34H31BrN6O4S/c1-44-27-15-11-25(12-16-27)29-20-28(24-9-13-26(35)14-10-24)39-41(29)32(42)22-46-34-38-37-31(21-36-33(43)30-8-5-19-45-30)40(34)18-17-23-6-3-2-4-7-23/h2-16,19,29H,17-18,20-22H2,1H3,(H,36,43). The van der Waals surface area contributed by atoms with Crippen LogP contribution in [0.4, 0.5) is 0 Å². The maximum atomic E-state index is 13.8. The molecule has 0 saturated carbocycles. The lowest BCUT2D eigenvalue weighted by Crippen LogP contribution is -2.28. The Morgan fingerprint density at radius 1 is 1.00 bits per heavy atom. The fraction of sp³-hybridized carbons (Fsp3) is 0.206. The van der Waals surface area contributed by atoms with Crippen LogP contribution in [-0.4, -0.2) is 50.2 Å². The molecule has 46 heavy (non-hydrogen) atoms. The van der Waals surface area contributed by atoms with E-state index in [4.69, 9.17) is 14.3 Å². The maximum absolute atomic E-state index is 13.8. The van der Waals surface area contributed by atoms with Gasteiger partial charge in [0.2, 0.25) is 0 Å². The number of hydrogen-bond acceptors (Lipinski definition) is 8. The lowest BCUT2D eigenvalue weighted by atomic mass is 9.98. The Bertz CT molecular complexity index is 1810. The van der Waals surface area contributed by atoms with E-state index >= 15 is 0 Å². The summed E-state index contributed by atoms with van der Waals surface area (Å²) in [5.41, 5.74) is 3.93. The average Bonchev–Trinajstić information content (AvgIpc) is 3.87. The minimum absolute atomic E-state index is 0.103. The highest BCUT2D eigenvalue weighted by atomic mass is 79.9. The van der Waals surface area contributed by atoms with E-state index in [2.05, 4.69) is 43.6 Å². The van der Waals surface area contributed by atoms with Crippen LogP contribution in [-0.2, 0) is 24.3 Å². The van der Waals surface area contributed by atoms with Crippen LogP contribution in [0, 0.1) is 0 Å². The quantitative estimate of drug-likeness (QED) is 0.152. The Morgan fingerprint density at radius 3 is 2.50 bits per heavy atom. The molecule has 0 radical (unpaired) electrons. The molecule has 1 N–H and O–H groups in total. The summed E-state index contributed by atoms with van der Waals surface area (Å²) in [5.74, 6) is 1.16. The zero-order valence-corrected chi connectivity index (χ0v) is 27.4. The molecule has 3 heterocycles. The van der Waals surface area contributed by atoms with Gasteiger partial charge in [-0.05, 0) is 59.5 Å². The van der Waals surface area contributed by atoms with Gasteiger partial charge >= 0.3 is 0 Å². The predicted molar refractivity (Wildman–Crippen MR) is 179 cm³/mol. The van der Waals surface area contributed by atoms with Crippen molar-refractivity contribution in [1.82, 2.24) is 25.1 Å². The van der Waals surface area contributed by atoms with Crippen molar-refractivity contribution in [2.45, 2.75) is 37.1 Å². The van der Waals surface area contributed by atoms with Gasteiger partial charge in [0.15, 0.2) is 16.7 Å². The zero-order valence-electron chi connectivity index (χ0n) is 25.0. The topological polar surface area (TPSA) is 115 Å². The molecule has 234 valence electrons. The number of halogens is 1. The summed E-state index contributed by atoms with van der Waals surface area (Å²) in [6.07, 6.45) is 2.76. The van der Waals surface area contributed by atoms with Crippen molar-refractivity contribution in [2.75, 3.05) is 12.9 Å². The molecular formula is C34H31BrN6O4S. The highest BCUT2D eigenvalue weighted by Gasteiger charge is 2.33. The van der Waals surface area contributed by atoms with Gasteiger partial charge in [0.25, 0.3) is 11.8 Å². The van der Waals surface area contributed by atoms with Gasteiger partial charge in [-0.15, -0.1) is 10.2 Å². The van der Waals surface area contributed by atoms with E-state index in [0.29, 0.717) is 23.9 Å². The second kappa shape index (κ2) is 14.6. The first-order valence-electron chi connectivity index (χ1n) is 14.7. The number of furan rings is 1. The van der Waals surface area contributed by atoms with Gasteiger partial charge < -0.3 is 19.0 Å². The molecule has 1 atom stereocenters. The number of ether oxygens (including phenoxy) is 1. The molecule has 3 aromatic carbocycles. The molecule has 0 bridgehead atoms. The van der Waals surface area contributed by atoms with Gasteiger partial charge in [-0.2, -0.15) is 5.10 Å². The number of rotatable bonds is 12. The summed E-state index contributed by atoms with van der Waals surface area (Å²) in [6.45, 7) is 0.728. The molecule has 1 aliphatic heterocycles. The largest absolute Gasteiger partial charge is 0.497 e. The molecule has 0 fully saturated rings. The van der Waals surface area contributed by atoms with E-state index in [1.807, 2.05) is 71.3 Å². The van der Waals surface area contributed by atoms with Crippen molar-refractivity contribution in [1.29, 1.82) is 0 Å². The Morgan fingerprint density at radius 2 is 1.78 bits per heavy atom. The van der Waals surface area contributed by atoms with Gasteiger partial charge in [-0.1, -0.05) is 82.3 Å². The Balaban J connectivity index is 1.21. The Labute approximate surface area is 279 Å². The lowest BCUT2D eigenvalue weighted by molar-refractivity contribution is -0.130. The third-order valence-electron chi connectivity index (χ3n) is 7.58. The van der Waals surface area contributed by atoms with Gasteiger partial charge in [0.05, 0.1) is 37.4 Å². The number of methoxy groups -OCH3 is 1. The second-order valence-electron chi connectivity index (χ2n) is 10.5. The number of nitrogens with one attached hydrogen (secondary N) is 1. The highest BCUT2D eigenvalue weighted by molar-refractivity contribution is 9.10. The van der Waals surface area contributed by atoms with Crippen molar-refractivity contribution in [3.63, 3.8) is 0 Å². The summed E-state index contributed by atoms with van der Waals surface area (Å²) in [7, 11) is 1.63. The number of hydrazone groups is 1. The second-order valence-corrected chi connectivity index (χ2v) is 12.4. The number of carbonyl (C=O) groups excluding carboxylic acids is 2. The molecule has 0 saturated heterocycles. The smallest absolute Gasteiger partial charge is 0.287 e. The fourth-order valence-corrected chi connectivity index (χ4v) is 6.26. The molecule has 0 spiro atoms. The van der Waals surface area contributed by atoms with Crippen LogP contribution in [0.25, 0.3) is 0 Å². The van der Waals surface area contributed by atoms with Gasteiger partial charge in [0, 0.05) is 17.4 Å². The van der Waals surface area contributed by atoms with Gasteiger partial charge in [-0.3, -0.25) is 9.59 Å². The Hall–Kier alpha value is -4.68. The molecule has 0 aliphatic carbocycles. The van der Waals surface area contributed by atoms with Crippen LogP contribution >= 0.6 is 27.7 Å². The van der Waals surface area contributed by atoms with Crippen LogP contribution in [0.5, 0.6) is 5.75 Å². The summed E-state index contributed by atoms with van der Waals surface area (Å²) in [4.78, 5) is 26.4. The van der Waals surface area contributed by atoms with Crippen LogP contribution in [0.2, 0.25) is 0 Å². The van der Waals surface area contributed by atoms with Crippen molar-refractivity contribution < 1.29 is 18.7 Å². The number of aryl methyl sites for hydroxylation is 1. The third kappa shape index (κ3) is 7.40. The van der Waals surface area contributed by atoms with E-state index < -0.39 is 0 Å². The zero-order chi connectivity index (χ0) is 31.9. The van der Waals surface area contributed by atoms with E-state index in [-0.39, 0.29) is 35.9 Å². The summed E-state index contributed by atoms with van der Waals surface area (Å²) in [5, 5.41) is 18.6. The SMILES string of the molecule is COc1ccc(C2CC(c3ccc(Br)cc3)=NN2C(=O)CSc2nnc(CNC(=O)c3ccco3)n2CCc2ccccc2)cc1. The number of hydrogen-bond donors (Lipinski definition) is 1. The molecule has 10 nitrogen and oxygen atoms in total. The molecule has 6 rings (SSSR count). The average molecular weight is 700 g/mol. The molecule has 5 aromatic rings. The normalized spacial score (nSPS) is 14.3. The lowest BCUT2D eigenvalue weighted by Gasteiger charge is -2.22. The van der Waals surface area contributed by atoms with E-state index in [1.54, 1.807) is 24.3 Å². The summed E-state index contributed by atoms with van der Waals surface area (Å²) >= 11 is 4.80.